The van der Waals surface area contributed by atoms with E-state index in [4.69, 9.17) is 10.3 Å². The number of benzene rings is 1. The highest BCUT2D eigenvalue weighted by Crippen LogP contribution is 2.17. The van der Waals surface area contributed by atoms with Crippen LogP contribution in [-0.4, -0.2) is 16.0 Å². The van der Waals surface area contributed by atoms with E-state index in [0.717, 1.165) is 5.56 Å². The van der Waals surface area contributed by atoms with Gasteiger partial charge in [0.25, 0.3) is 0 Å². The molecule has 0 radical (unpaired) electrons. The number of nitrogens with one attached hydrogen (secondary N) is 1. The Bertz CT molecular complexity index is 569. The lowest BCUT2D eigenvalue weighted by Crippen LogP contribution is -2.48. The van der Waals surface area contributed by atoms with Crippen molar-refractivity contribution >= 4 is 18.3 Å². The number of nitrogens with two attached hydrogens (primary N) is 1. The number of hydrogen-bond acceptors (Lipinski definition) is 5. The Morgan fingerprint density at radius 2 is 2.05 bits per heavy atom. The van der Waals surface area contributed by atoms with E-state index in [1.165, 1.54) is 0 Å². The van der Waals surface area contributed by atoms with E-state index >= 15 is 0 Å². The van der Waals surface area contributed by atoms with Crippen LogP contribution in [0.25, 0.3) is 0 Å². The summed E-state index contributed by atoms with van der Waals surface area (Å²) in [6.07, 6.45) is 0. The maximum Gasteiger partial charge on any atom is 0.246 e. The Labute approximate surface area is 123 Å². The standard InChI is InChI=1S/C13H16N4O2.ClH/c1-9-16-11(19-17-9)8-15-12(18)13(2,14)10-6-4-3-5-7-10;/h3-7H,8,14H2,1-2H3,(H,15,18);1H. The molecular weight excluding hydrogens is 280 g/mol. The average molecular weight is 297 g/mol. The number of aryl methyl sites for hydroxylation is 1. The van der Waals surface area contributed by atoms with Crippen LogP contribution >= 0.6 is 12.4 Å². The van der Waals surface area contributed by atoms with E-state index in [1.54, 1.807) is 13.8 Å². The van der Waals surface area contributed by atoms with Crippen LogP contribution in [0, 0.1) is 6.92 Å². The quantitative estimate of drug-likeness (QED) is 0.886. The van der Waals surface area contributed by atoms with Gasteiger partial charge < -0.3 is 15.6 Å². The lowest BCUT2D eigenvalue weighted by Gasteiger charge is -2.23. The van der Waals surface area contributed by atoms with Crippen molar-refractivity contribution in [3.05, 3.63) is 47.6 Å². The van der Waals surface area contributed by atoms with Crippen LogP contribution in [0.1, 0.15) is 24.2 Å². The highest BCUT2D eigenvalue weighted by molar-refractivity contribution is 5.86. The number of amides is 1. The lowest BCUT2D eigenvalue weighted by atomic mass is 9.92. The highest BCUT2D eigenvalue weighted by Gasteiger charge is 2.30. The third-order valence-corrected chi connectivity index (χ3v) is 2.81. The molecule has 0 aliphatic heterocycles. The molecule has 1 amide bonds. The van der Waals surface area contributed by atoms with Crippen molar-refractivity contribution in [2.24, 2.45) is 5.73 Å². The molecule has 0 spiro atoms. The van der Waals surface area contributed by atoms with Gasteiger partial charge in [0.1, 0.15) is 5.54 Å². The third kappa shape index (κ3) is 3.55. The van der Waals surface area contributed by atoms with Crippen molar-refractivity contribution in [3.63, 3.8) is 0 Å². The molecule has 0 saturated heterocycles. The minimum atomic E-state index is -1.10. The van der Waals surface area contributed by atoms with Gasteiger partial charge in [0, 0.05) is 0 Å². The highest BCUT2D eigenvalue weighted by atomic mass is 35.5. The molecule has 0 aliphatic rings. The van der Waals surface area contributed by atoms with Crippen LogP contribution in [0.15, 0.2) is 34.9 Å². The zero-order chi connectivity index (χ0) is 13.9. The first kappa shape index (κ1) is 16.1. The van der Waals surface area contributed by atoms with E-state index in [1.807, 2.05) is 30.3 Å². The molecule has 0 saturated carbocycles. The molecule has 7 heteroatoms. The normalized spacial score (nSPS) is 13.2. The van der Waals surface area contributed by atoms with Gasteiger partial charge in [-0.3, -0.25) is 4.79 Å². The number of aromatic nitrogens is 2. The third-order valence-electron chi connectivity index (χ3n) is 2.81. The zero-order valence-corrected chi connectivity index (χ0v) is 12.1. The van der Waals surface area contributed by atoms with Crippen LogP contribution in [0.3, 0.4) is 0 Å². The summed E-state index contributed by atoms with van der Waals surface area (Å²) in [5.41, 5.74) is 5.72. The maximum atomic E-state index is 12.1. The SMILES string of the molecule is Cc1noc(CNC(=O)C(C)(N)c2ccccc2)n1.Cl. The van der Waals surface area contributed by atoms with Gasteiger partial charge in [-0.1, -0.05) is 35.5 Å². The van der Waals surface area contributed by atoms with Crippen LogP contribution < -0.4 is 11.1 Å². The van der Waals surface area contributed by atoms with Gasteiger partial charge in [-0.05, 0) is 19.4 Å². The predicted molar refractivity (Wildman–Crippen MR) is 76.1 cm³/mol. The van der Waals surface area contributed by atoms with Crippen molar-refractivity contribution in [2.45, 2.75) is 25.9 Å². The summed E-state index contributed by atoms with van der Waals surface area (Å²) in [5.74, 6) is 0.590. The second-order valence-corrected chi connectivity index (χ2v) is 4.49. The minimum Gasteiger partial charge on any atom is -0.345 e. The van der Waals surface area contributed by atoms with Crippen LogP contribution in [0.2, 0.25) is 0 Å². The van der Waals surface area contributed by atoms with Crippen molar-refractivity contribution in [1.29, 1.82) is 0 Å². The van der Waals surface area contributed by atoms with Crippen LogP contribution in [0.4, 0.5) is 0 Å². The number of carbonyl (C=O) groups excluding carboxylic acids is 1. The Kier molecular flexibility index (Phi) is 5.24. The smallest absolute Gasteiger partial charge is 0.246 e. The number of hydrogen-bond donors (Lipinski definition) is 2. The molecule has 2 rings (SSSR count). The minimum absolute atomic E-state index is 0. The van der Waals surface area contributed by atoms with Gasteiger partial charge in [0.05, 0.1) is 6.54 Å². The molecule has 0 aliphatic carbocycles. The number of carbonyl (C=O) groups is 1. The maximum absolute atomic E-state index is 12.1. The molecule has 2 aromatic rings. The van der Waals surface area contributed by atoms with Gasteiger partial charge in [0.15, 0.2) is 5.82 Å². The van der Waals surface area contributed by atoms with Crippen molar-refractivity contribution < 1.29 is 9.32 Å². The van der Waals surface area contributed by atoms with Gasteiger partial charge in [-0.25, -0.2) is 0 Å². The van der Waals surface area contributed by atoms with Gasteiger partial charge >= 0.3 is 0 Å². The fourth-order valence-corrected chi connectivity index (χ4v) is 1.67. The summed E-state index contributed by atoms with van der Waals surface area (Å²) >= 11 is 0. The van der Waals surface area contributed by atoms with Crippen LogP contribution in [0.5, 0.6) is 0 Å². The fourth-order valence-electron chi connectivity index (χ4n) is 1.67. The summed E-state index contributed by atoms with van der Waals surface area (Å²) in [6.45, 7) is 3.54. The first-order chi connectivity index (χ1) is 9.00. The van der Waals surface area contributed by atoms with Crippen molar-refractivity contribution in [2.75, 3.05) is 0 Å². The average Bonchev–Trinajstić information content (AvgIpc) is 2.82. The second kappa shape index (κ2) is 6.49. The molecule has 108 valence electrons. The topological polar surface area (TPSA) is 94.0 Å². The Morgan fingerprint density at radius 3 is 2.60 bits per heavy atom. The Balaban J connectivity index is 0.00000200. The molecule has 6 nitrogen and oxygen atoms in total. The van der Waals surface area contributed by atoms with E-state index in [2.05, 4.69) is 15.5 Å². The molecule has 20 heavy (non-hydrogen) atoms. The van der Waals surface area contributed by atoms with E-state index in [-0.39, 0.29) is 24.9 Å². The number of halogens is 1. The monoisotopic (exact) mass is 296 g/mol. The molecule has 3 N–H and O–H groups in total. The summed E-state index contributed by atoms with van der Waals surface area (Å²) in [4.78, 5) is 16.1. The van der Waals surface area contributed by atoms with E-state index < -0.39 is 5.54 Å². The summed E-state index contributed by atoms with van der Waals surface area (Å²) < 4.78 is 4.92. The van der Waals surface area contributed by atoms with Crippen molar-refractivity contribution in [1.82, 2.24) is 15.5 Å². The van der Waals surface area contributed by atoms with Crippen molar-refractivity contribution in [3.8, 4) is 0 Å². The number of rotatable bonds is 4. The molecule has 1 aromatic heterocycles. The lowest BCUT2D eigenvalue weighted by molar-refractivity contribution is -0.126. The van der Waals surface area contributed by atoms with Gasteiger partial charge in [0.2, 0.25) is 11.8 Å². The summed E-state index contributed by atoms with van der Waals surface area (Å²) in [5, 5.41) is 6.34. The summed E-state index contributed by atoms with van der Waals surface area (Å²) in [6, 6.07) is 9.19. The zero-order valence-electron chi connectivity index (χ0n) is 11.3. The molecule has 0 bridgehead atoms. The van der Waals surface area contributed by atoms with E-state index in [9.17, 15) is 4.79 Å². The van der Waals surface area contributed by atoms with E-state index in [0.29, 0.717) is 11.7 Å². The predicted octanol–water partition coefficient (Wildman–Crippen LogP) is 1.29. The molecule has 1 aromatic carbocycles. The molecule has 1 heterocycles. The first-order valence-corrected chi connectivity index (χ1v) is 5.92. The molecule has 0 fully saturated rings. The van der Waals surface area contributed by atoms with Gasteiger partial charge in [-0.15, -0.1) is 12.4 Å². The number of nitrogens with zero attached hydrogens (tertiary/aromatic N) is 2. The van der Waals surface area contributed by atoms with Gasteiger partial charge in [-0.2, -0.15) is 4.98 Å². The molecule has 1 atom stereocenters. The first-order valence-electron chi connectivity index (χ1n) is 5.92. The Hall–Kier alpha value is -1.92. The fraction of sp³-hybridized carbons (Fsp3) is 0.308. The molecular formula is C13H17ClN4O2. The second-order valence-electron chi connectivity index (χ2n) is 4.49. The largest absolute Gasteiger partial charge is 0.345 e. The Morgan fingerprint density at radius 1 is 1.40 bits per heavy atom. The summed E-state index contributed by atoms with van der Waals surface area (Å²) in [7, 11) is 0. The van der Waals surface area contributed by atoms with Crippen LogP contribution in [-0.2, 0) is 16.9 Å². The molecule has 1 unspecified atom stereocenters.